The van der Waals surface area contributed by atoms with Crippen molar-refractivity contribution >= 4 is 11.8 Å². The summed E-state index contributed by atoms with van der Waals surface area (Å²) >= 11 is 2.22. The van der Waals surface area contributed by atoms with Crippen LogP contribution in [-0.4, -0.2) is 23.6 Å². The number of nitrogens with one attached hydrogen (secondary N) is 1. The van der Waals surface area contributed by atoms with E-state index in [1.165, 1.54) is 63.7 Å². The molecule has 1 aliphatic heterocycles. The Hall–Kier alpha value is 0.310. The zero-order valence-corrected chi connectivity index (χ0v) is 11.5. The Balaban J connectivity index is 1.80. The fourth-order valence-electron chi connectivity index (χ4n) is 3.22. The summed E-state index contributed by atoms with van der Waals surface area (Å²) in [5.74, 6) is 2.44. The zero-order valence-electron chi connectivity index (χ0n) is 10.7. The van der Waals surface area contributed by atoms with Crippen molar-refractivity contribution in [2.75, 3.05) is 12.3 Å². The molecule has 1 heterocycles. The van der Waals surface area contributed by atoms with E-state index in [-0.39, 0.29) is 0 Å². The maximum absolute atomic E-state index is 3.82. The molecule has 1 saturated carbocycles. The summed E-state index contributed by atoms with van der Waals surface area (Å²) in [5, 5.41) is 4.74. The standard InChI is InChI=1S/C14H27NS/c1-2-9-15-13(14-8-5-10-16-14)11-12-6-3-4-7-12/h12-15H,2-11H2,1H3. The van der Waals surface area contributed by atoms with Gasteiger partial charge in [0.25, 0.3) is 0 Å². The lowest BCUT2D eigenvalue weighted by atomic mass is 9.95. The molecule has 0 amide bonds. The Morgan fingerprint density at radius 1 is 1.19 bits per heavy atom. The summed E-state index contributed by atoms with van der Waals surface area (Å²) in [4.78, 5) is 0. The zero-order chi connectivity index (χ0) is 11.2. The predicted octanol–water partition coefficient (Wildman–Crippen LogP) is 3.83. The third-order valence-electron chi connectivity index (χ3n) is 4.13. The molecule has 1 nitrogen and oxygen atoms in total. The van der Waals surface area contributed by atoms with Gasteiger partial charge in [0.1, 0.15) is 0 Å². The van der Waals surface area contributed by atoms with Crippen LogP contribution >= 0.6 is 11.8 Å². The van der Waals surface area contributed by atoms with Gasteiger partial charge in [-0.1, -0.05) is 32.6 Å². The Kier molecular flexibility index (Phi) is 5.51. The average Bonchev–Trinajstić information content (AvgIpc) is 2.96. The highest BCUT2D eigenvalue weighted by molar-refractivity contribution is 8.00. The first-order chi connectivity index (χ1) is 7.90. The third-order valence-corrected chi connectivity index (χ3v) is 5.65. The molecule has 2 atom stereocenters. The van der Waals surface area contributed by atoms with Crippen molar-refractivity contribution in [2.45, 2.75) is 69.6 Å². The van der Waals surface area contributed by atoms with Crippen LogP contribution in [0.25, 0.3) is 0 Å². The first-order valence-electron chi connectivity index (χ1n) is 7.25. The van der Waals surface area contributed by atoms with E-state index in [0.717, 1.165) is 17.2 Å². The van der Waals surface area contributed by atoms with E-state index in [9.17, 15) is 0 Å². The van der Waals surface area contributed by atoms with E-state index >= 15 is 0 Å². The van der Waals surface area contributed by atoms with E-state index in [1.807, 2.05) is 0 Å². The highest BCUT2D eigenvalue weighted by atomic mass is 32.2. The van der Waals surface area contributed by atoms with E-state index in [0.29, 0.717) is 0 Å². The molecule has 1 N–H and O–H groups in total. The lowest BCUT2D eigenvalue weighted by Gasteiger charge is -2.26. The lowest BCUT2D eigenvalue weighted by Crippen LogP contribution is -2.39. The lowest BCUT2D eigenvalue weighted by molar-refractivity contribution is 0.375. The molecule has 2 rings (SSSR count). The molecule has 2 fully saturated rings. The second-order valence-electron chi connectivity index (χ2n) is 5.50. The number of rotatable bonds is 6. The van der Waals surface area contributed by atoms with Crippen LogP contribution < -0.4 is 5.32 Å². The number of thioether (sulfide) groups is 1. The Labute approximate surface area is 105 Å². The van der Waals surface area contributed by atoms with Gasteiger partial charge in [0.2, 0.25) is 0 Å². The van der Waals surface area contributed by atoms with Gasteiger partial charge in [-0.3, -0.25) is 0 Å². The maximum Gasteiger partial charge on any atom is 0.0201 e. The van der Waals surface area contributed by atoms with Crippen LogP contribution in [0.5, 0.6) is 0 Å². The highest BCUT2D eigenvalue weighted by Gasteiger charge is 2.28. The van der Waals surface area contributed by atoms with Gasteiger partial charge in [0.05, 0.1) is 0 Å². The van der Waals surface area contributed by atoms with Gasteiger partial charge >= 0.3 is 0 Å². The Morgan fingerprint density at radius 3 is 2.62 bits per heavy atom. The summed E-state index contributed by atoms with van der Waals surface area (Å²) in [7, 11) is 0. The molecule has 94 valence electrons. The molecular formula is C14H27NS. The molecule has 16 heavy (non-hydrogen) atoms. The highest BCUT2D eigenvalue weighted by Crippen LogP contribution is 2.35. The van der Waals surface area contributed by atoms with E-state index in [2.05, 4.69) is 24.0 Å². The van der Waals surface area contributed by atoms with Crippen LogP contribution in [-0.2, 0) is 0 Å². The SMILES string of the molecule is CCCNC(CC1CCCC1)C1CCCS1. The summed E-state index contributed by atoms with van der Waals surface area (Å²) in [5.41, 5.74) is 0. The van der Waals surface area contributed by atoms with Crippen molar-refractivity contribution < 1.29 is 0 Å². The van der Waals surface area contributed by atoms with Gasteiger partial charge < -0.3 is 5.32 Å². The number of hydrogen-bond acceptors (Lipinski definition) is 2. The third kappa shape index (κ3) is 3.66. The van der Waals surface area contributed by atoms with Gasteiger partial charge in [-0.15, -0.1) is 0 Å². The molecule has 0 aromatic carbocycles. The quantitative estimate of drug-likeness (QED) is 0.758. The van der Waals surface area contributed by atoms with E-state index in [1.54, 1.807) is 0 Å². The van der Waals surface area contributed by atoms with Gasteiger partial charge in [0.15, 0.2) is 0 Å². The van der Waals surface area contributed by atoms with Gasteiger partial charge in [-0.25, -0.2) is 0 Å². The number of hydrogen-bond donors (Lipinski definition) is 1. The second-order valence-corrected chi connectivity index (χ2v) is 6.85. The van der Waals surface area contributed by atoms with Crippen molar-refractivity contribution in [3.63, 3.8) is 0 Å². The molecular weight excluding hydrogens is 214 g/mol. The molecule has 0 aromatic heterocycles. The van der Waals surface area contributed by atoms with Gasteiger partial charge in [-0.05, 0) is 43.9 Å². The fraction of sp³-hybridized carbons (Fsp3) is 1.00. The van der Waals surface area contributed by atoms with Crippen LogP contribution in [0.15, 0.2) is 0 Å². The van der Waals surface area contributed by atoms with Crippen molar-refractivity contribution in [1.29, 1.82) is 0 Å². The van der Waals surface area contributed by atoms with Gasteiger partial charge in [-0.2, -0.15) is 11.8 Å². The maximum atomic E-state index is 3.82. The van der Waals surface area contributed by atoms with Crippen molar-refractivity contribution in [2.24, 2.45) is 5.92 Å². The monoisotopic (exact) mass is 241 g/mol. The molecule has 2 unspecified atom stereocenters. The van der Waals surface area contributed by atoms with Crippen molar-refractivity contribution in [3.05, 3.63) is 0 Å². The fourth-order valence-corrected chi connectivity index (χ4v) is 4.63. The topological polar surface area (TPSA) is 12.0 Å². The Bertz CT molecular complexity index is 183. The molecule has 2 aliphatic rings. The van der Waals surface area contributed by atoms with Crippen LogP contribution in [0.3, 0.4) is 0 Å². The molecule has 2 heteroatoms. The summed E-state index contributed by atoms with van der Waals surface area (Å²) in [6, 6.07) is 0.815. The molecule has 1 saturated heterocycles. The van der Waals surface area contributed by atoms with Crippen LogP contribution in [0.2, 0.25) is 0 Å². The van der Waals surface area contributed by atoms with Crippen molar-refractivity contribution in [1.82, 2.24) is 5.32 Å². The van der Waals surface area contributed by atoms with Gasteiger partial charge in [0, 0.05) is 11.3 Å². The van der Waals surface area contributed by atoms with Crippen LogP contribution in [0, 0.1) is 5.92 Å². The van der Waals surface area contributed by atoms with Crippen LogP contribution in [0.1, 0.15) is 58.3 Å². The summed E-state index contributed by atoms with van der Waals surface area (Å²) < 4.78 is 0. The Morgan fingerprint density at radius 2 is 2.00 bits per heavy atom. The minimum absolute atomic E-state index is 0.815. The predicted molar refractivity (Wildman–Crippen MR) is 74.1 cm³/mol. The average molecular weight is 241 g/mol. The molecule has 0 spiro atoms. The first-order valence-corrected chi connectivity index (χ1v) is 8.30. The molecule has 0 bridgehead atoms. The smallest absolute Gasteiger partial charge is 0.0201 e. The van der Waals surface area contributed by atoms with E-state index in [4.69, 9.17) is 0 Å². The minimum atomic E-state index is 0.815. The normalized spacial score (nSPS) is 28.7. The van der Waals surface area contributed by atoms with Crippen LogP contribution in [0.4, 0.5) is 0 Å². The van der Waals surface area contributed by atoms with E-state index < -0.39 is 0 Å². The molecule has 0 radical (unpaired) electrons. The second kappa shape index (κ2) is 6.90. The summed E-state index contributed by atoms with van der Waals surface area (Å²) in [6.45, 7) is 3.50. The van der Waals surface area contributed by atoms with Crippen molar-refractivity contribution in [3.8, 4) is 0 Å². The largest absolute Gasteiger partial charge is 0.313 e. The molecule has 0 aromatic rings. The summed E-state index contributed by atoms with van der Waals surface area (Å²) in [6.07, 6.45) is 11.6. The minimum Gasteiger partial charge on any atom is -0.313 e. The first kappa shape index (κ1) is 12.8. The molecule has 1 aliphatic carbocycles.